The van der Waals surface area contributed by atoms with Crippen LogP contribution >= 0.6 is 0 Å². The van der Waals surface area contributed by atoms with Crippen LogP contribution in [0, 0.1) is 5.82 Å². The number of amides is 2. The normalized spacial score (nSPS) is 9.53. The molecule has 0 aliphatic carbocycles. The second-order valence-electron chi connectivity index (χ2n) is 2.64. The summed E-state index contributed by atoms with van der Waals surface area (Å²) < 4.78 is 13.2. The van der Waals surface area contributed by atoms with Crippen molar-refractivity contribution < 1.29 is 14.0 Å². The van der Waals surface area contributed by atoms with Gasteiger partial charge in [0, 0.05) is 5.56 Å². The third-order valence-corrected chi connectivity index (χ3v) is 1.74. The lowest BCUT2D eigenvalue weighted by Crippen LogP contribution is -2.32. The smallest absolute Gasteiger partial charge is 0.268 e. The Labute approximate surface area is 84.4 Å². The zero-order valence-corrected chi connectivity index (χ0v) is 7.58. The molecule has 0 aliphatic rings. The van der Waals surface area contributed by atoms with Gasteiger partial charge in [0.1, 0.15) is 5.82 Å². The Kier molecular flexibility index (Phi) is 3.32. The van der Waals surface area contributed by atoms with Gasteiger partial charge < -0.3 is 0 Å². The van der Waals surface area contributed by atoms with E-state index in [0.717, 1.165) is 12.1 Å². The Hall–Kier alpha value is -1.99. The van der Waals surface area contributed by atoms with Crippen molar-refractivity contribution in [2.75, 3.05) is 0 Å². The van der Waals surface area contributed by atoms with E-state index in [9.17, 15) is 14.0 Å². The highest BCUT2D eigenvalue weighted by Crippen LogP contribution is 2.10. The third kappa shape index (κ3) is 2.27. The summed E-state index contributed by atoms with van der Waals surface area (Å²) in [6, 6.07) is 3.30. The summed E-state index contributed by atoms with van der Waals surface area (Å²) in [5, 5.41) is 0. The number of hydrazine groups is 2. The molecule has 0 aromatic heterocycles. The Bertz CT molecular complexity index is 408. The average molecular weight is 212 g/mol. The monoisotopic (exact) mass is 212 g/mol. The van der Waals surface area contributed by atoms with Crippen LogP contribution in [0.1, 0.15) is 20.7 Å². The Morgan fingerprint density at radius 2 is 1.73 bits per heavy atom. The third-order valence-electron chi connectivity index (χ3n) is 1.74. The number of nitrogens with two attached hydrogens (primary N) is 2. The molecule has 0 heterocycles. The van der Waals surface area contributed by atoms with Crippen molar-refractivity contribution >= 4 is 11.8 Å². The van der Waals surface area contributed by atoms with Gasteiger partial charge in [0.2, 0.25) is 0 Å². The summed E-state index contributed by atoms with van der Waals surface area (Å²) in [5.74, 6) is 7.42. The molecule has 0 fully saturated rings. The lowest BCUT2D eigenvalue weighted by Gasteiger charge is -2.03. The lowest BCUT2D eigenvalue weighted by atomic mass is 10.1. The van der Waals surface area contributed by atoms with Crippen molar-refractivity contribution in [3.63, 3.8) is 0 Å². The number of hydrogen-bond donors (Lipinski definition) is 4. The van der Waals surface area contributed by atoms with E-state index in [2.05, 4.69) is 0 Å². The molecule has 2 amide bonds. The van der Waals surface area contributed by atoms with Crippen molar-refractivity contribution in [1.82, 2.24) is 10.9 Å². The van der Waals surface area contributed by atoms with Gasteiger partial charge >= 0.3 is 0 Å². The number of halogens is 1. The first kappa shape index (κ1) is 11.1. The van der Waals surface area contributed by atoms with E-state index in [-0.39, 0.29) is 11.1 Å². The van der Waals surface area contributed by atoms with Gasteiger partial charge in [0.25, 0.3) is 11.8 Å². The highest BCUT2D eigenvalue weighted by Gasteiger charge is 2.13. The molecule has 0 unspecified atom stereocenters. The van der Waals surface area contributed by atoms with E-state index >= 15 is 0 Å². The molecule has 1 aromatic rings. The minimum atomic E-state index is -0.848. The molecule has 6 N–H and O–H groups in total. The summed E-state index contributed by atoms with van der Waals surface area (Å²) in [4.78, 5) is 22.0. The first-order chi connectivity index (χ1) is 7.10. The second kappa shape index (κ2) is 4.49. The van der Waals surface area contributed by atoms with Gasteiger partial charge in [-0.05, 0) is 18.2 Å². The zero-order valence-electron chi connectivity index (χ0n) is 7.58. The molecule has 1 rings (SSSR count). The molecule has 0 radical (unpaired) electrons. The summed E-state index contributed by atoms with van der Waals surface area (Å²) >= 11 is 0. The quantitative estimate of drug-likeness (QED) is 0.287. The summed E-state index contributed by atoms with van der Waals surface area (Å²) in [6.07, 6.45) is 0. The average Bonchev–Trinajstić information content (AvgIpc) is 2.26. The number of carbonyl (C=O) groups is 2. The zero-order chi connectivity index (χ0) is 11.4. The number of nitrogen functional groups attached to an aromatic ring is 2. The molecule has 0 spiro atoms. The Morgan fingerprint density at radius 1 is 1.13 bits per heavy atom. The fourth-order valence-corrected chi connectivity index (χ4v) is 1.00. The van der Waals surface area contributed by atoms with Gasteiger partial charge in [-0.25, -0.2) is 16.1 Å². The van der Waals surface area contributed by atoms with E-state index in [0.29, 0.717) is 0 Å². The van der Waals surface area contributed by atoms with Gasteiger partial charge in [0.05, 0.1) is 5.56 Å². The predicted octanol–water partition coefficient (Wildman–Crippen LogP) is -0.967. The minimum Gasteiger partial charge on any atom is -0.290 e. The maximum absolute atomic E-state index is 13.2. The molecule has 0 saturated carbocycles. The highest BCUT2D eigenvalue weighted by molar-refractivity contribution is 5.97. The Morgan fingerprint density at radius 3 is 2.20 bits per heavy atom. The number of benzene rings is 1. The number of carbonyl (C=O) groups excluding carboxylic acids is 2. The molecular weight excluding hydrogens is 203 g/mol. The van der Waals surface area contributed by atoms with Crippen LogP contribution in [0.25, 0.3) is 0 Å². The lowest BCUT2D eigenvalue weighted by molar-refractivity contribution is 0.0938. The molecule has 0 atom stereocenters. The Balaban J connectivity index is 3.08. The van der Waals surface area contributed by atoms with Crippen LogP contribution in [0.3, 0.4) is 0 Å². The van der Waals surface area contributed by atoms with Crippen LogP contribution in [0.4, 0.5) is 4.39 Å². The van der Waals surface area contributed by atoms with Crippen LogP contribution in [0.2, 0.25) is 0 Å². The van der Waals surface area contributed by atoms with Crippen molar-refractivity contribution in [2.45, 2.75) is 0 Å². The number of nitrogens with one attached hydrogen (secondary N) is 2. The molecule has 1 aromatic carbocycles. The van der Waals surface area contributed by atoms with E-state index in [1.807, 2.05) is 5.43 Å². The molecule has 0 saturated heterocycles. The number of hydrogen-bond acceptors (Lipinski definition) is 4. The van der Waals surface area contributed by atoms with Gasteiger partial charge in [0.15, 0.2) is 0 Å². The van der Waals surface area contributed by atoms with Gasteiger partial charge in [-0.15, -0.1) is 0 Å². The van der Waals surface area contributed by atoms with Crippen molar-refractivity contribution in [1.29, 1.82) is 0 Å². The highest BCUT2D eigenvalue weighted by atomic mass is 19.1. The number of rotatable bonds is 2. The molecule has 15 heavy (non-hydrogen) atoms. The standard InChI is InChI=1S/C8H9FN4O2/c9-6-3-4(7(14)12-10)1-2-5(6)8(15)13-11/h1-3H,10-11H2,(H,12,14)(H,13,15). The molecular formula is C8H9FN4O2. The van der Waals surface area contributed by atoms with Crippen LogP contribution < -0.4 is 22.5 Å². The van der Waals surface area contributed by atoms with Gasteiger partial charge in [-0.1, -0.05) is 0 Å². The second-order valence-corrected chi connectivity index (χ2v) is 2.64. The van der Waals surface area contributed by atoms with Crippen molar-refractivity contribution in [3.05, 3.63) is 35.1 Å². The SMILES string of the molecule is NNC(=O)c1ccc(C(=O)NN)c(F)c1. The minimum absolute atomic E-state index is 0.0172. The maximum atomic E-state index is 13.2. The van der Waals surface area contributed by atoms with Crippen LogP contribution in [0.15, 0.2) is 18.2 Å². The summed E-state index contributed by atoms with van der Waals surface area (Å²) in [5.41, 5.74) is 3.39. The summed E-state index contributed by atoms with van der Waals surface area (Å²) in [7, 11) is 0. The fraction of sp³-hybridized carbons (Fsp3) is 0. The molecule has 0 aliphatic heterocycles. The van der Waals surface area contributed by atoms with E-state index in [1.54, 1.807) is 5.43 Å². The van der Waals surface area contributed by atoms with Crippen LogP contribution in [-0.4, -0.2) is 11.8 Å². The van der Waals surface area contributed by atoms with E-state index in [1.165, 1.54) is 6.07 Å². The first-order valence-electron chi connectivity index (χ1n) is 3.91. The van der Waals surface area contributed by atoms with Gasteiger partial charge in [-0.2, -0.15) is 0 Å². The molecule has 7 heteroatoms. The molecule has 6 nitrogen and oxygen atoms in total. The first-order valence-corrected chi connectivity index (χ1v) is 3.91. The van der Waals surface area contributed by atoms with E-state index < -0.39 is 17.6 Å². The van der Waals surface area contributed by atoms with Crippen molar-refractivity contribution in [2.24, 2.45) is 11.7 Å². The van der Waals surface area contributed by atoms with Crippen molar-refractivity contribution in [3.8, 4) is 0 Å². The predicted molar refractivity (Wildman–Crippen MR) is 49.7 cm³/mol. The van der Waals surface area contributed by atoms with Crippen LogP contribution in [0.5, 0.6) is 0 Å². The largest absolute Gasteiger partial charge is 0.290 e. The van der Waals surface area contributed by atoms with Crippen LogP contribution in [-0.2, 0) is 0 Å². The maximum Gasteiger partial charge on any atom is 0.268 e. The molecule has 0 bridgehead atoms. The van der Waals surface area contributed by atoms with E-state index in [4.69, 9.17) is 11.7 Å². The summed E-state index contributed by atoms with van der Waals surface area (Å²) in [6.45, 7) is 0. The topological polar surface area (TPSA) is 110 Å². The van der Waals surface area contributed by atoms with Gasteiger partial charge in [-0.3, -0.25) is 20.4 Å². The fourth-order valence-electron chi connectivity index (χ4n) is 1.00. The molecule has 80 valence electrons.